The van der Waals surface area contributed by atoms with Crippen LogP contribution in [0.3, 0.4) is 0 Å². The third-order valence-electron chi connectivity index (χ3n) is 3.18. The Morgan fingerprint density at radius 2 is 2.13 bits per heavy atom. The molecule has 0 aliphatic heterocycles. The Labute approximate surface area is 136 Å². The molecule has 8 heteroatoms. The lowest BCUT2D eigenvalue weighted by Crippen LogP contribution is -2.37. The molecule has 2 aromatic rings. The molecule has 0 saturated heterocycles. The molecular weight excluding hydrogens is 294 g/mol. The minimum Gasteiger partial charge on any atom is -0.477 e. The van der Waals surface area contributed by atoms with E-state index >= 15 is 0 Å². The highest BCUT2D eigenvalue weighted by atomic mass is 16.5. The summed E-state index contributed by atoms with van der Waals surface area (Å²) >= 11 is 0. The Balaban J connectivity index is 1.89. The molecule has 0 aliphatic rings. The van der Waals surface area contributed by atoms with E-state index in [1.807, 2.05) is 19.2 Å². The molecule has 0 bridgehead atoms. The van der Waals surface area contributed by atoms with Gasteiger partial charge < -0.3 is 15.4 Å². The molecule has 0 aliphatic carbocycles. The molecule has 23 heavy (non-hydrogen) atoms. The second-order valence-electron chi connectivity index (χ2n) is 4.90. The van der Waals surface area contributed by atoms with Crippen LogP contribution in [0.2, 0.25) is 0 Å². The fourth-order valence-corrected chi connectivity index (χ4v) is 1.93. The number of aryl methyl sites for hydroxylation is 1. The predicted molar refractivity (Wildman–Crippen MR) is 88.1 cm³/mol. The molecule has 2 heterocycles. The number of aromatic nitrogens is 4. The fourth-order valence-electron chi connectivity index (χ4n) is 1.93. The second kappa shape index (κ2) is 8.72. The van der Waals surface area contributed by atoms with Gasteiger partial charge in [-0.05, 0) is 12.5 Å². The van der Waals surface area contributed by atoms with Crippen LogP contribution in [0.15, 0.2) is 29.6 Å². The summed E-state index contributed by atoms with van der Waals surface area (Å²) in [6, 6.07) is 3.88. The zero-order chi connectivity index (χ0) is 16.5. The second-order valence-corrected chi connectivity index (χ2v) is 4.90. The van der Waals surface area contributed by atoms with E-state index in [9.17, 15) is 0 Å². The lowest BCUT2D eigenvalue weighted by atomic mass is 10.2. The van der Waals surface area contributed by atoms with Crippen LogP contribution in [0.4, 0.5) is 0 Å². The first-order valence-corrected chi connectivity index (χ1v) is 7.58. The van der Waals surface area contributed by atoms with E-state index in [4.69, 9.17) is 4.74 Å². The monoisotopic (exact) mass is 317 g/mol. The summed E-state index contributed by atoms with van der Waals surface area (Å²) in [6.07, 6.45) is 4.21. The molecule has 2 rings (SSSR count). The standard InChI is InChI=1S/C15H23N7O/c1-4-8-23-14-12(6-5-7-17-14)9-18-15(16-2)19-10-13-20-11-21-22(13)3/h5-7,11H,4,8-10H2,1-3H3,(H2,16,18,19). The largest absolute Gasteiger partial charge is 0.477 e. The number of aliphatic imine (C=N–C) groups is 1. The molecule has 0 spiro atoms. The van der Waals surface area contributed by atoms with Crippen molar-refractivity contribution in [3.8, 4) is 5.88 Å². The van der Waals surface area contributed by atoms with Crippen LogP contribution < -0.4 is 15.4 Å². The van der Waals surface area contributed by atoms with Gasteiger partial charge in [0, 0.05) is 32.4 Å². The first kappa shape index (κ1) is 16.7. The van der Waals surface area contributed by atoms with Crippen LogP contribution in [0, 0.1) is 0 Å². The van der Waals surface area contributed by atoms with E-state index in [0.717, 1.165) is 17.8 Å². The molecular formula is C15H23N7O. The van der Waals surface area contributed by atoms with Crippen molar-refractivity contribution >= 4 is 5.96 Å². The average molecular weight is 317 g/mol. The van der Waals surface area contributed by atoms with Crippen molar-refractivity contribution < 1.29 is 4.74 Å². The Morgan fingerprint density at radius 3 is 2.83 bits per heavy atom. The molecule has 0 atom stereocenters. The van der Waals surface area contributed by atoms with Gasteiger partial charge in [0.25, 0.3) is 0 Å². The van der Waals surface area contributed by atoms with Gasteiger partial charge in [-0.3, -0.25) is 9.67 Å². The van der Waals surface area contributed by atoms with Crippen LogP contribution in [0.1, 0.15) is 24.7 Å². The molecule has 2 aromatic heterocycles. The van der Waals surface area contributed by atoms with E-state index in [0.29, 0.717) is 31.5 Å². The lowest BCUT2D eigenvalue weighted by Gasteiger charge is -2.13. The van der Waals surface area contributed by atoms with Crippen LogP contribution in [0.25, 0.3) is 0 Å². The quantitative estimate of drug-likeness (QED) is 0.582. The summed E-state index contributed by atoms with van der Waals surface area (Å²) in [7, 11) is 3.58. The highest BCUT2D eigenvalue weighted by molar-refractivity contribution is 5.79. The van der Waals surface area contributed by atoms with Gasteiger partial charge in [0.2, 0.25) is 5.88 Å². The number of hydrogen-bond donors (Lipinski definition) is 2. The van der Waals surface area contributed by atoms with Crippen molar-refractivity contribution in [2.24, 2.45) is 12.0 Å². The average Bonchev–Trinajstić information content (AvgIpc) is 2.99. The summed E-state index contributed by atoms with van der Waals surface area (Å²) in [5.74, 6) is 2.17. The summed E-state index contributed by atoms with van der Waals surface area (Å²) in [4.78, 5) is 12.6. The summed E-state index contributed by atoms with van der Waals surface area (Å²) in [5, 5.41) is 10.5. The Morgan fingerprint density at radius 1 is 1.30 bits per heavy atom. The van der Waals surface area contributed by atoms with Gasteiger partial charge in [-0.2, -0.15) is 5.10 Å². The zero-order valence-electron chi connectivity index (χ0n) is 13.8. The van der Waals surface area contributed by atoms with E-state index in [1.165, 1.54) is 6.33 Å². The van der Waals surface area contributed by atoms with Gasteiger partial charge in [-0.1, -0.05) is 13.0 Å². The highest BCUT2D eigenvalue weighted by Crippen LogP contribution is 2.14. The Bertz CT molecular complexity index is 638. The number of rotatable bonds is 7. The number of nitrogens with one attached hydrogen (secondary N) is 2. The van der Waals surface area contributed by atoms with Crippen LogP contribution in [-0.4, -0.2) is 39.4 Å². The van der Waals surface area contributed by atoms with Crippen LogP contribution in [0.5, 0.6) is 5.88 Å². The maximum Gasteiger partial charge on any atom is 0.218 e. The SMILES string of the molecule is CCCOc1ncccc1CNC(=NC)NCc1ncnn1C. The minimum absolute atomic E-state index is 0.544. The number of hydrogen-bond acceptors (Lipinski definition) is 5. The van der Waals surface area contributed by atoms with Crippen molar-refractivity contribution in [2.45, 2.75) is 26.4 Å². The van der Waals surface area contributed by atoms with E-state index in [-0.39, 0.29) is 0 Å². The van der Waals surface area contributed by atoms with E-state index in [1.54, 1.807) is 17.9 Å². The minimum atomic E-state index is 0.544. The molecule has 2 N–H and O–H groups in total. The number of ether oxygens (including phenoxy) is 1. The molecule has 0 saturated carbocycles. The van der Waals surface area contributed by atoms with Gasteiger partial charge in [-0.25, -0.2) is 9.97 Å². The van der Waals surface area contributed by atoms with E-state index in [2.05, 4.69) is 37.6 Å². The molecule has 0 aromatic carbocycles. The van der Waals surface area contributed by atoms with Crippen molar-refractivity contribution in [1.82, 2.24) is 30.4 Å². The molecule has 0 amide bonds. The first-order chi connectivity index (χ1) is 11.2. The molecule has 0 fully saturated rings. The van der Waals surface area contributed by atoms with Crippen molar-refractivity contribution in [3.63, 3.8) is 0 Å². The highest BCUT2D eigenvalue weighted by Gasteiger charge is 2.07. The Hall–Kier alpha value is -2.64. The summed E-state index contributed by atoms with van der Waals surface area (Å²) < 4.78 is 7.37. The smallest absolute Gasteiger partial charge is 0.218 e. The van der Waals surface area contributed by atoms with Gasteiger partial charge >= 0.3 is 0 Å². The molecule has 0 radical (unpaired) electrons. The number of pyridine rings is 1. The molecule has 124 valence electrons. The predicted octanol–water partition coefficient (Wildman–Crippen LogP) is 0.864. The maximum atomic E-state index is 5.65. The summed E-state index contributed by atoms with van der Waals surface area (Å²) in [5.41, 5.74) is 0.988. The van der Waals surface area contributed by atoms with Crippen LogP contribution in [-0.2, 0) is 20.1 Å². The Kier molecular flexibility index (Phi) is 6.34. The third-order valence-corrected chi connectivity index (χ3v) is 3.18. The van der Waals surface area contributed by atoms with Crippen molar-refractivity contribution in [1.29, 1.82) is 0 Å². The lowest BCUT2D eigenvalue weighted by molar-refractivity contribution is 0.301. The van der Waals surface area contributed by atoms with Crippen LogP contribution >= 0.6 is 0 Å². The normalized spacial score (nSPS) is 11.3. The topological polar surface area (TPSA) is 89.2 Å². The number of guanidine groups is 1. The van der Waals surface area contributed by atoms with Gasteiger partial charge in [-0.15, -0.1) is 0 Å². The summed E-state index contributed by atoms with van der Waals surface area (Å²) in [6.45, 7) is 3.84. The molecule has 0 unspecified atom stereocenters. The third kappa shape index (κ3) is 4.94. The van der Waals surface area contributed by atoms with Crippen molar-refractivity contribution in [3.05, 3.63) is 36.0 Å². The van der Waals surface area contributed by atoms with Gasteiger partial charge in [0.1, 0.15) is 12.2 Å². The maximum absolute atomic E-state index is 5.65. The fraction of sp³-hybridized carbons (Fsp3) is 0.467. The first-order valence-electron chi connectivity index (χ1n) is 7.58. The zero-order valence-corrected chi connectivity index (χ0v) is 13.8. The molecule has 8 nitrogen and oxygen atoms in total. The van der Waals surface area contributed by atoms with Crippen molar-refractivity contribution in [2.75, 3.05) is 13.7 Å². The van der Waals surface area contributed by atoms with Gasteiger partial charge in [0.15, 0.2) is 5.96 Å². The number of nitrogens with zero attached hydrogens (tertiary/aromatic N) is 5. The van der Waals surface area contributed by atoms with E-state index < -0.39 is 0 Å². The van der Waals surface area contributed by atoms with Gasteiger partial charge in [0.05, 0.1) is 13.2 Å².